The number of halogens is 1. The van der Waals surface area contributed by atoms with Gasteiger partial charge in [-0.3, -0.25) is 4.79 Å². The highest BCUT2D eigenvalue weighted by Crippen LogP contribution is 2.28. The maximum atomic E-state index is 12.1. The summed E-state index contributed by atoms with van der Waals surface area (Å²) < 4.78 is 10.7. The smallest absolute Gasteiger partial charge is 0.291 e. The number of amides is 1. The molecular formula is C14H15ClN2O3. The number of nitrogens with two attached hydrogens (primary N) is 1. The molecule has 1 aromatic heterocycles. The first-order chi connectivity index (χ1) is 9.63. The lowest BCUT2D eigenvalue weighted by molar-refractivity contribution is 0.0994. The number of nitrogens with one attached hydrogen (secondary N) is 1. The van der Waals surface area contributed by atoms with Crippen molar-refractivity contribution >= 4 is 23.2 Å². The second-order valence-corrected chi connectivity index (χ2v) is 4.43. The molecule has 1 aromatic carbocycles. The van der Waals surface area contributed by atoms with Gasteiger partial charge in [0, 0.05) is 5.02 Å². The molecule has 0 aliphatic carbocycles. The molecule has 1 amide bonds. The number of ether oxygens (including phenoxy) is 1. The zero-order valence-electron chi connectivity index (χ0n) is 11.0. The van der Waals surface area contributed by atoms with E-state index in [1.807, 2.05) is 6.92 Å². The lowest BCUT2D eigenvalue weighted by Gasteiger charge is -2.11. The zero-order valence-corrected chi connectivity index (χ0v) is 11.7. The predicted octanol–water partition coefficient (Wildman–Crippen LogP) is 3.04. The van der Waals surface area contributed by atoms with Crippen LogP contribution in [0.25, 0.3) is 0 Å². The van der Waals surface area contributed by atoms with Crippen LogP contribution >= 0.6 is 11.6 Å². The van der Waals surface area contributed by atoms with Crippen molar-refractivity contribution in [3.63, 3.8) is 0 Å². The van der Waals surface area contributed by atoms with Crippen LogP contribution in [0.4, 0.5) is 5.69 Å². The molecule has 2 rings (SSSR count). The number of carbonyl (C=O) groups excluding carboxylic acids is 1. The fourth-order valence-corrected chi connectivity index (χ4v) is 1.85. The molecule has 0 radical (unpaired) electrons. The van der Waals surface area contributed by atoms with Crippen LogP contribution in [0.1, 0.15) is 23.2 Å². The van der Waals surface area contributed by atoms with E-state index in [1.165, 1.54) is 0 Å². The van der Waals surface area contributed by atoms with E-state index < -0.39 is 0 Å². The fourth-order valence-electron chi connectivity index (χ4n) is 1.67. The summed E-state index contributed by atoms with van der Waals surface area (Å²) in [7, 11) is 0. The standard InChI is InChI=1S/C14H15ClN2O3/c1-2-19-12-5-3-9(15)7-11(12)17-14(18)13-6-4-10(8-16)20-13/h3-7H,2,8,16H2,1H3,(H,17,18). The van der Waals surface area contributed by atoms with Gasteiger partial charge in [-0.25, -0.2) is 0 Å². The summed E-state index contributed by atoms with van der Waals surface area (Å²) in [4.78, 5) is 12.1. The van der Waals surface area contributed by atoms with Crippen LogP contribution in [0.5, 0.6) is 5.75 Å². The van der Waals surface area contributed by atoms with Crippen LogP contribution in [-0.4, -0.2) is 12.5 Å². The molecule has 0 aliphatic rings. The Morgan fingerprint density at radius 1 is 1.40 bits per heavy atom. The predicted molar refractivity (Wildman–Crippen MR) is 77.2 cm³/mol. The number of rotatable bonds is 5. The minimum absolute atomic E-state index is 0.188. The second-order valence-electron chi connectivity index (χ2n) is 4.00. The van der Waals surface area contributed by atoms with Crippen molar-refractivity contribution in [1.29, 1.82) is 0 Å². The van der Waals surface area contributed by atoms with Crippen molar-refractivity contribution in [2.24, 2.45) is 5.73 Å². The van der Waals surface area contributed by atoms with E-state index in [4.69, 9.17) is 26.5 Å². The number of carbonyl (C=O) groups is 1. The van der Waals surface area contributed by atoms with Gasteiger partial charge in [-0.2, -0.15) is 0 Å². The van der Waals surface area contributed by atoms with Crippen molar-refractivity contribution in [1.82, 2.24) is 0 Å². The maximum absolute atomic E-state index is 12.1. The van der Waals surface area contributed by atoms with Gasteiger partial charge < -0.3 is 20.2 Å². The highest BCUT2D eigenvalue weighted by atomic mass is 35.5. The Labute approximate surface area is 121 Å². The van der Waals surface area contributed by atoms with Gasteiger partial charge in [-0.15, -0.1) is 0 Å². The van der Waals surface area contributed by atoms with Gasteiger partial charge in [-0.05, 0) is 37.3 Å². The molecule has 20 heavy (non-hydrogen) atoms. The highest BCUT2D eigenvalue weighted by Gasteiger charge is 2.14. The molecular weight excluding hydrogens is 280 g/mol. The maximum Gasteiger partial charge on any atom is 0.291 e. The number of hydrogen-bond acceptors (Lipinski definition) is 4. The highest BCUT2D eigenvalue weighted by molar-refractivity contribution is 6.31. The Morgan fingerprint density at radius 3 is 2.85 bits per heavy atom. The third-order valence-corrected chi connectivity index (χ3v) is 2.81. The van der Waals surface area contributed by atoms with E-state index in [1.54, 1.807) is 30.3 Å². The number of benzene rings is 1. The molecule has 3 N–H and O–H groups in total. The van der Waals surface area contributed by atoms with Crippen LogP contribution in [0.15, 0.2) is 34.7 Å². The molecule has 2 aromatic rings. The summed E-state index contributed by atoms with van der Waals surface area (Å²) in [6.45, 7) is 2.59. The summed E-state index contributed by atoms with van der Waals surface area (Å²) in [6.07, 6.45) is 0. The normalized spacial score (nSPS) is 10.3. The molecule has 106 valence electrons. The Hall–Kier alpha value is -1.98. The lowest BCUT2D eigenvalue weighted by atomic mass is 10.2. The Kier molecular flexibility index (Phi) is 4.65. The van der Waals surface area contributed by atoms with E-state index in [-0.39, 0.29) is 18.2 Å². The first kappa shape index (κ1) is 14.4. The summed E-state index contributed by atoms with van der Waals surface area (Å²) in [5, 5.41) is 3.21. The van der Waals surface area contributed by atoms with Crippen molar-refractivity contribution in [2.75, 3.05) is 11.9 Å². The Morgan fingerprint density at radius 2 is 2.20 bits per heavy atom. The number of hydrogen-bond donors (Lipinski definition) is 2. The summed E-state index contributed by atoms with van der Waals surface area (Å²) in [6, 6.07) is 8.26. The molecule has 6 heteroatoms. The van der Waals surface area contributed by atoms with Crippen LogP contribution in [0.3, 0.4) is 0 Å². The fraction of sp³-hybridized carbons (Fsp3) is 0.214. The van der Waals surface area contributed by atoms with Gasteiger partial charge in [0.2, 0.25) is 0 Å². The first-order valence-electron chi connectivity index (χ1n) is 6.16. The molecule has 0 aliphatic heterocycles. The molecule has 0 saturated carbocycles. The van der Waals surface area contributed by atoms with E-state index in [0.717, 1.165) is 0 Å². The molecule has 0 bridgehead atoms. The van der Waals surface area contributed by atoms with Gasteiger partial charge in [0.15, 0.2) is 5.76 Å². The SMILES string of the molecule is CCOc1ccc(Cl)cc1NC(=O)c1ccc(CN)o1. The Balaban J connectivity index is 2.20. The monoisotopic (exact) mass is 294 g/mol. The third kappa shape index (κ3) is 3.31. The van der Waals surface area contributed by atoms with E-state index in [2.05, 4.69) is 5.32 Å². The van der Waals surface area contributed by atoms with Gasteiger partial charge in [-0.1, -0.05) is 11.6 Å². The topological polar surface area (TPSA) is 77.5 Å². The van der Waals surface area contributed by atoms with Gasteiger partial charge >= 0.3 is 0 Å². The quantitative estimate of drug-likeness (QED) is 0.888. The molecule has 1 heterocycles. The molecule has 0 fully saturated rings. The van der Waals surface area contributed by atoms with E-state index >= 15 is 0 Å². The average Bonchev–Trinajstić information content (AvgIpc) is 2.91. The average molecular weight is 295 g/mol. The second kappa shape index (κ2) is 6.45. The summed E-state index contributed by atoms with van der Waals surface area (Å²) in [5.74, 6) is 0.905. The van der Waals surface area contributed by atoms with Crippen LogP contribution in [0.2, 0.25) is 5.02 Å². The first-order valence-corrected chi connectivity index (χ1v) is 6.54. The van der Waals surface area contributed by atoms with Crippen LogP contribution in [-0.2, 0) is 6.54 Å². The van der Waals surface area contributed by atoms with Gasteiger partial charge in [0.05, 0.1) is 18.8 Å². The molecule has 5 nitrogen and oxygen atoms in total. The van der Waals surface area contributed by atoms with Gasteiger partial charge in [0.25, 0.3) is 5.91 Å². The Bertz CT molecular complexity index is 610. The molecule has 0 saturated heterocycles. The van der Waals surface area contributed by atoms with E-state index in [9.17, 15) is 4.79 Å². The third-order valence-electron chi connectivity index (χ3n) is 2.58. The van der Waals surface area contributed by atoms with Crippen molar-refractivity contribution < 1.29 is 13.9 Å². The lowest BCUT2D eigenvalue weighted by Crippen LogP contribution is -2.12. The molecule has 0 spiro atoms. The van der Waals surface area contributed by atoms with Crippen molar-refractivity contribution in [3.05, 3.63) is 46.9 Å². The largest absolute Gasteiger partial charge is 0.492 e. The molecule has 0 atom stereocenters. The minimum Gasteiger partial charge on any atom is -0.492 e. The van der Waals surface area contributed by atoms with Crippen molar-refractivity contribution in [2.45, 2.75) is 13.5 Å². The molecule has 0 unspecified atom stereocenters. The van der Waals surface area contributed by atoms with Crippen LogP contribution < -0.4 is 15.8 Å². The minimum atomic E-state index is -0.382. The van der Waals surface area contributed by atoms with E-state index in [0.29, 0.717) is 28.8 Å². The van der Waals surface area contributed by atoms with Crippen LogP contribution in [0, 0.1) is 0 Å². The van der Waals surface area contributed by atoms with Crippen molar-refractivity contribution in [3.8, 4) is 5.75 Å². The van der Waals surface area contributed by atoms with Gasteiger partial charge in [0.1, 0.15) is 11.5 Å². The summed E-state index contributed by atoms with van der Waals surface area (Å²) in [5.41, 5.74) is 5.93. The zero-order chi connectivity index (χ0) is 14.5. The summed E-state index contributed by atoms with van der Waals surface area (Å²) >= 11 is 5.93. The number of anilines is 1. The number of furan rings is 1.